The lowest BCUT2D eigenvalue weighted by molar-refractivity contribution is -0.118. The van der Waals surface area contributed by atoms with Gasteiger partial charge in [-0.3, -0.25) is 4.79 Å². The van der Waals surface area contributed by atoms with E-state index in [0.29, 0.717) is 6.54 Å². The van der Waals surface area contributed by atoms with Crippen molar-refractivity contribution < 1.29 is 13.2 Å². The summed E-state index contributed by atoms with van der Waals surface area (Å²) in [5.74, 6) is -0.430. The second-order valence-corrected chi connectivity index (χ2v) is 7.80. The van der Waals surface area contributed by atoms with Gasteiger partial charge in [0.2, 0.25) is 20.9 Å². The Morgan fingerprint density at radius 2 is 2.04 bits per heavy atom. The number of anilines is 1. The molecular weight excluding hydrogens is 316 g/mol. The number of hydrogen-bond donors (Lipinski definition) is 0. The number of amides is 1. The first-order chi connectivity index (χ1) is 10.9. The van der Waals surface area contributed by atoms with Gasteiger partial charge in [0.05, 0.1) is 0 Å². The highest BCUT2D eigenvalue weighted by atomic mass is 32.2. The summed E-state index contributed by atoms with van der Waals surface area (Å²) < 4.78 is 26.6. The van der Waals surface area contributed by atoms with Gasteiger partial charge in [0.15, 0.2) is 0 Å². The summed E-state index contributed by atoms with van der Waals surface area (Å²) in [7, 11) is -2.34. The van der Waals surface area contributed by atoms with Crippen LogP contribution in [-0.2, 0) is 28.1 Å². The summed E-state index contributed by atoms with van der Waals surface area (Å²) in [6, 6.07) is 7.60. The Hall–Kier alpha value is -2.22. The van der Waals surface area contributed by atoms with Crippen molar-refractivity contribution in [2.75, 3.05) is 11.4 Å². The largest absolute Gasteiger partial charge is 0.311 e. The summed E-state index contributed by atoms with van der Waals surface area (Å²) >= 11 is 0. The zero-order valence-corrected chi connectivity index (χ0v) is 13.8. The number of aryl methyl sites for hydroxylation is 2. The van der Waals surface area contributed by atoms with Gasteiger partial charge >= 0.3 is 0 Å². The molecule has 1 atom stereocenters. The van der Waals surface area contributed by atoms with E-state index in [1.165, 1.54) is 17.8 Å². The van der Waals surface area contributed by atoms with Crippen LogP contribution in [-0.4, -0.2) is 40.9 Å². The minimum Gasteiger partial charge on any atom is -0.311 e. The molecule has 3 rings (SSSR count). The van der Waals surface area contributed by atoms with Gasteiger partial charge in [0.1, 0.15) is 11.6 Å². The molecule has 1 amide bonds. The number of benzene rings is 1. The fraction of sp³-hybridized carbons (Fsp3) is 0.400. The van der Waals surface area contributed by atoms with Gasteiger partial charge in [0, 0.05) is 19.3 Å². The standard InChI is InChI=1S/C15H18N4O3S/c1-11(23(21,22)15-17-16-10-18(15)2)14(20)19-9-5-7-12-6-3-4-8-13(12)19/h3-4,6,8,10-11H,5,7,9H2,1-2H3. The van der Waals surface area contributed by atoms with Crippen molar-refractivity contribution in [3.8, 4) is 0 Å². The van der Waals surface area contributed by atoms with E-state index >= 15 is 0 Å². The maximum atomic E-state index is 12.8. The van der Waals surface area contributed by atoms with Gasteiger partial charge < -0.3 is 9.47 Å². The first-order valence-electron chi connectivity index (χ1n) is 7.40. The molecule has 2 aromatic rings. The van der Waals surface area contributed by atoms with Crippen molar-refractivity contribution in [3.05, 3.63) is 36.2 Å². The molecule has 0 N–H and O–H groups in total. The van der Waals surface area contributed by atoms with Crippen molar-refractivity contribution in [2.45, 2.75) is 30.2 Å². The van der Waals surface area contributed by atoms with Crippen LogP contribution in [0.15, 0.2) is 35.7 Å². The molecule has 122 valence electrons. The van der Waals surface area contributed by atoms with Crippen molar-refractivity contribution in [3.63, 3.8) is 0 Å². The number of aromatic nitrogens is 3. The molecule has 1 aromatic heterocycles. The quantitative estimate of drug-likeness (QED) is 0.834. The second-order valence-electron chi connectivity index (χ2n) is 5.63. The first-order valence-corrected chi connectivity index (χ1v) is 8.94. The van der Waals surface area contributed by atoms with E-state index < -0.39 is 21.0 Å². The smallest absolute Gasteiger partial charge is 0.250 e. The molecule has 8 heteroatoms. The average molecular weight is 334 g/mol. The Labute approximate surface area is 134 Å². The minimum absolute atomic E-state index is 0.191. The highest BCUT2D eigenvalue weighted by Gasteiger charge is 2.37. The Morgan fingerprint density at radius 1 is 1.30 bits per heavy atom. The van der Waals surface area contributed by atoms with E-state index in [0.717, 1.165) is 24.1 Å². The van der Waals surface area contributed by atoms with E-state index in [1.807, 2.05) is 24.3 Å². The lowest BCUT2D eigenvalue weighted by atomic mass is 10.0. The first kappa shape index (κ1) is 15.7. The second kappa shape index (κ2) is 5.77. The molecule has 0 saturated heterocycles. The third kappa shape index (κ3) is 2.63. The van der Waals surface area contributed by atoms with E-state index in [2.05, 4.69) is 10.2 Å². The predicted octanol–water partition coefficient (Wildman–Crippen LogP) is 0.957. The van der Waals surface area contributed by atoms with Crippen LogP contribution in [0.1, 0.15) is 18.9 Å². The van der Waals surface area contributed by atoms with Crippen LogP contribution in [0.2, 0.25) is 0 Å². The molecule has 0 radical (unpaired) electrons. The van der Waals surface area contributed by atoms with Crippen LogP contribution in [0.5, 0.6) is 0 Å². The van der Waals surface area contributed by atoms with Gasteiger partial charge in [-0.15, -0.1) is 10.2 Å². The number of carbonyl (C=O) groups excluding carboxylic acids is 1. The summed E-state index contributed by atoms with van der Waals surface area (Å²) in [5.41, 5.74) is 1.86. The van der Waals surface area contributed by atoms with Crippen molar-refractivity contribution in [1.82, 2.24) is 14.8 Å². The maximum absolute atomic E-state index is 12.8. The van der Waals surface area contributed by atoms with Crippen LogP contribution >= 0.6 is 0 Å². The molecule has 1 aromatic carbocycles. The number of carbonyl (C=O) groups is 1. The number of hydrogen-bond acceptors (Lipinski definition) is 5. The minimum atomic E-state index is -3.88. The van der Waals surface area contributed by atoms with Gasteiger partial charge in [-0.05, 0) is 31.4 Å². The molecule has 0 bridgehead atoms. The molecule has 0 aliphatic carbocycles. The predicted molar refractivity (Wildman–Crippen MR) is 84.8 cm³/mol. The fourth-order valence-corrected chi connectivity index (χ4v) is 4.12. The zero-order valence-electron chi connectivity index (χ0n) is 13.0. The van der Waals surface area contributed by atoms with Crippen LogP contribution < -0.4 is 4.90 Å². The van der Waals surface area contributed by atoms with Crippen LogP contribution in [0, 0.1) is 0 Å². The average Bonchev–Trinajstić information content (AvgIpc) is 2.99. The highest BCUT2D eigenvalue weighted by molar-refractivity contribution is 7.92. The highest BCUT2D eigenvalue weighted by Crippen LogP contribution is 2.28. The van der Waals surface area contributed by atoms with Crippen LogP contribution in [0.3, 0.4) is 0 Å². The van der Waals surface area contributed by atoms with E-state index in [-0.39, 0.29) is 5.16 Å². The number of fused-ring (bicyclic) bond motifs is 1. The third-order valence-electron chi connectivity index (χ3n) is 4.11. The SMILES string of the molecule is CC(C(=O)N1CCCc2ccccc21)S(=O)(=O)c1nncn1C. The van der Waals surface area contributed by atoms with Crippen molar-refractivity contribution in [2.24, 2.45) is 7.05 Å². The number of sulfone groups is 1. The van der Waals surface area contributed by atoms with Gasteiger partial charge in [0.25, 0.3) is 0 Å². The molecular formula is C15H18N4O3S. The lowest BCUT2D eigenvalue weighted by Gasteiger charge is -2.31. The third-order valence-corrected chi connectivity index (χ3v) is 6.12. The van der Waals surface area contributed by atoms with E-state index in [9.17, 15) is 13.2 Å². The summed E-state index contributed by atoms with van der Waals surface area (Å²) in [4.78, 5) is 14.4. The molecule has 0 fully saturated rings. The molecule has 1 unspecified atom stereocenters. The fourth-order valence-electron chi connectivity index (χ4n) is 2.80. The normalized spacial score (nSPS) is 16.0. The number of nitrogens with zero attached hydrogens (tertiary/aromatic N) is 4. The summed E-state index contributed by atoms with van der Waals surface area (Å²) in [5, 5.41) is 5.82. The monoisotopic (exact) mass is 334 g/mol. The van der Waals surface area contributed by atoms with Crippen LogP contribution in [0.25, 0.3) is 0 Å². The topological polar surface area (TPSA) is 85.2 Å². The molecule has 1 aliphatic rings. The van der Waals surface area contributed by atoms with Crippen molar-refractivity contribution in [1.29, 1.82) is 0 Å². The molecule has 1 aliphatic heterocycles. The lowest BCUT2D eigenvalue weighted by Crippen LogP contribution is -2.44. The molecule has 0 spiro atoms. The summed E-state index contributed by atoms with van der Waals surface area (Å²) in [6.45, 7) is 1.93. The summed E-state index contributed by atoms with van der Waals surface area (Å²) in [6.07, 6.45) is 3.02. The van der Waals surface area contributed by atoms with Gasteiger partial charge in [-0.25, -0.2) is 8.42 Å². The van der Waals surface area contributed by atoms with Crippen molar-refractivity contribution >= 4 is 21.4 Å². The Kier molecular flexibility index (Phi) is 3.93. The molecule has 23 heavy (non-hydrogen) atoms. The molecule has 2 heterocycles. The van der Waals surface area contributed by atoms with Gasteiger partial charge in [-0.1, -0.05) is 18.2 Å². The number of rotatable bonds is 3. The van der Waals surface area contributed by atoms with Gasteiger partial charge in [-0.2, -0.15) is 0 Å². The molecule has 0 saturated carbocycles. The Bertz CT molecular complexity index is 844. The zero-order chi connectivity index (χ0) is 16.6. The van der Waals surface area contributed by atoms with E-state index in [4.69, 9.17) is 0 Å². The van der Waals surface area contributed by atoms with Crippen LogP contribution in [0.4, 0.5) is 5.69 Å². The Morgan fingerprint density at radius 3 is 2.74 bits per heavy atom. The maximum Gasteiger partial charge on any atom is 0.250 e. The Balaban J connectivity index is 1.94. The number of para-hydroxylation sites is 1. The molecule has 7 nitrogen and oxygen atoms in total. The van der Waals surface area contributed by atoms with E-state index in [1.54, 1.807) is 11.9 Å².